The van der Waals surface area contributed by atoms with Gasteiger partial charge in [-0.05, 0) is 31.1 Å². The van der Waals surface area contributed by atoms with E-state index in [-0.39, 0.29) is 11.8 Å². The van der Waals surface area contributed by atoms with E-state index in [4.69, 9.17) is 4.74 Å². The third-order valence-corrected chi connectivity index (χ3v) is 8.01. The van der Waals surface area contributed by atoms with Crippen LogP contribution in [0.4, 0.5) is 0 Å². The Bertz CT molecular complexity index is 613. The third-order valence-electron chi connectivity index (χ3n) is 6.07. The number of hydrogen-bond donors (Lipinski definition) is 1. The van der Waals surface area contributed by atoms with Crippen molar-refractivity contribution in [3.63, 3.8) is 0 Å². The van der Waals surface area contributed by atoms with Crippen molar-refractivity contribution in [2.75, 3.05) is 65.6 Å². The van der Waals surface area contributed by atoms with Crippen LogP contribution in [0.25, 0.3) is 0 Å². The normalized spacial score (nSPS) is 31.6. The van der Waals surface area contributed by atoms with Crippen molar-refractivity contribution in [1.29, 1.82) is 0 Å². The molecule has 9 heteroatoms. The van der Waals surface area contributed by atoms with Crippen LogP contribution in [0.1, 0.15) is 33.1 Å². The molecule has 3 aliphatic heterocycles. The van der Waals surface area contributed by atoms with Gasteiger partial charge >= 0.3 is 0 Å². The Morgan fingerprint density at radius 2 is 1.71 bits per heavy atom. The van der Waals surface area contributed by atoms with Crippen LogP contribution in [0.3, 0.4) is 0 Å². The van der Waals surface area contributed by atoms with Crippen molar-refractivity contribution in [2.45, 2.75) is 33.1 Å². The summed E-state index contributed by atoms with van der Waals surface area (Å²) >= 11 is 0. The second-order valence-electron chi connectivity index (χ2n) is 8.71. The van der Waals surface area contributed by atoms with Gasteiger partial charge in [0.05, 0.1) is 19.1 Å². The van der Waals surface area contributed by atoms with Crippen LogP contribution < -0.4 is 5.32 Å². The lowest BCUT2D eigenvalue weighted by Crippen LogP contribution is -2.53. The summed E-state index contributed by atoms with van der Waals surface area (Å²) in [5.41, 5.74) is 0. The van der Waals surface area contributed by atoms with Gasteiger partial charge in [0.15, 0.2) is 0 Å². The van der Waals surface area contributed by atoms with E-state index in [0.717, 1.165) is 52.1 Å². The van der Waals surface area contributed by atoms with Gasteiger partial charge in [-0.15, -0.1) is 0 Å². The molecule has 0 aromatic rings. The maximum atomic E-state index is 13.1. The highest BCUT2D eigenvalue weighted by atomic mass is 32.2. The molecule has 0 aromatic carbocycles. The molecule has 3 heterocycles. The molecule has 3 saturated heterocycles. The molecule has 162 valence electrons. The summed E-state index contributed by atoms with van der Waals surface area (Å²) in [6.07, 6.45) is 2.56. The van der Waals surface area contributed by atoms with E-state index in [0.29, 0.717) is 44.6 Å². The summed E-state index contributed by atoms with van der Waals surface area (Å²) in [5.74, 6) is 0.478. The average molecular weight is 417 g/mol. The number of morpholine rings is 1. The minimum absolute atomic E-state index is 0.0199. The van der Waals surface area contributed by atoms with E-state index < -0.39 is 10.2 Å². The summed E-state index contributed by atoms with van der Waals surface area (Å²) < 4.78 is 34.7. The number of hydrogen-bond acceptors (Lipinski definition) is 5. The first-order valence-corrected chi connectivity index (χ1v) is 12.1. The Morgan fingerprint density at radius 3 is 2.39 bits per heavy atom. The van der Waals surface area contributed by atoms with Crippen molar-refractivity contribution >= 4 is 16.1 Å². The first-order valence-electron chi connectivity index (χ1n) is 10.7. The first-order chi connectivity index (χ1) is 13.4. The van der Waals surface area contributed by atoms with E-state index in [1.807, 2.05) is 0 Å². The fourth-order valence-electron chi connectivity index (χ4n) is 4.63. The van der Waals surface area contributed by atoms with Crippen molar-refractivity contribution in [3.05, 3.63) is 0 Å². The highest BCUT2D eigenvalue weighted by Gasteiger charge is 2.38. The molecule has 3 aliphatic rings. The van der Waals surface area contributed by atoms with Gasteiger partial charge in [-0.2, -0.15) is 17.0 Å². The van der Waals surface area contributed by atoms with Gasteiger partial charge in [0, 0.05) is 52.4 Å². The molecule has 8 nitrogen and oxygen atoms in total. The van der Waals surface area contributed by atoms with Gasteiger partial charge in [-0.3, -0.25) is 9.69 Å². The largest absolute Gasteiger partial charge is 0.379 e. The van der Waals surface area contributed by atoms with E-state index in [1.54, 1.807) is 4.31 Å². The standard InChI is InChI=1S/C19H36N4O4S/c1-16-12-17(2)14-23(13-16)28(25,26)22-6-3-4-18(15-22)19(24)20-5-7-21-8-10-27-11-9-21/h16-18H,3-15H2,1-2H3,(H,20,24)/t16-,17+,18-/m1/s1. The second-order valence-corrected chi connectivity index (χ2v) is 10.6. The molecular weight excluding hydrogens is 380 g/mol. The van der Waals surface area contributed by atoms with Crippen LogP contribution in [-0.4, -0.2) is 93.4 Å². The number of carbonyl (C=O) groups excluding carboxylic acids is 1. The summed E-state index contributed by atoms with van der Waals surface area (Å²) in [7, 11) is -3.49. The van der Waals surface area contributed by atoms with Crippen LogP contribution >= 0.6 is 0 Å². The van der Waals surface area contributed by atoms with Crippen LogP contribution in [0.2, 0.25) is 0 Å². The molecule has 0 unspecified atom stereocenters. The number of piperidine rings is 2. The average Bonchev–Trinajstić information content (AvgIpc) is 2.68. The Balaban J connectivity index is 1.50. The lowest BCUT2D eigenvalue weighted by molar-refractivity contribution is -0.126. The van der Waals surface area contributed by atoms with E-state index in [9.17, 15) is 13.2 Å². The van der Waals surface area contributed by atoms with Gasteiger partial charge in [0.25, 0.3) is 10.2 Å². The molecular formula is C19H36N4O4S. The van der Waals surface area contributed by atoms with E-state index in [1.165, 1.54) is 4.31 Å². The Kier molecular flexibility index (Phi) is 7.72. The molecule has 3 atom stereocenters. The smallest absolute Gasteiger partial charge is 0.282 e. The van der Waals surface area contributed by atoms with Gasteiger partial charge in [-0.1, -0.05) is 13.8 Å². The SMILES string of the molecule is C[C@@H]1C[C@H](C)CN(S(=O)(=O)N2CCC[C@@H](C(=O)NCCN3CCOCC3)C2)C1. The summed E-state index contributed by atoms with van der Waals surface area (Å²) in [6, 6.07) is 0. The topological polar surface area (TPSA) is 82.2 Å². The molecule has 0 bridgehead atoms. The van der Waals surface area contributed by atoms with Gasteiger partial charge in [-0.25, -0.2) is 0 Å². The summed E-state index contributed by atoms with van der Waals surface area (Å²) in [4.78, 5) is 14.9. The predicted molar refractivity (Wildman–Crippen MR) is 108 cm³/mol. The van der Waals surface area contributed by atoms with Crippen LogP contribution in [-0.2, 0) is 19.7 Å². The van der Waals surface area contributed by atoms with Gasteiger partial charge < -0.3 is 10.1 Å². The van der Waals surface area contributed by atoms with E-state index >= 15 is 0 Å². The number of nitrogens with zero attached hydrogens (tertiary/aromatic N) is 3. The maximum Gasteiger partial charge on any atom is 0.282 e. The molecule has 0 saturated carbocycles. The molecule has 3 fully saturated rings. The molecule has 0 spiro atoms. The molecule has 0 radical (unpaired) electrons. The van der Waals surface area contributed by atoms with E-state index in [2.05, 4.69) is 24.1 Å². The lowest BCUT2D eigenvalue weighted by atomic mass is 9.94. The highest BCUT2D eigenvalue weighted by molar-refractivity contribution is 7.86. The Hall–Kier alpha value is -0.740. The number of carbonyl (C=O) groups is 1. The zero-order valence-electron chi connectivity index (χ0n) is 17.3. The quantitative estimate of drug-likeness (QED) is 0.677. The zero-order chi connectivity index (χ0) is 20.1. The second kappa shape index (κ2) is 9.84. The summed E-state index contributed by atoms with van der Waals surface area (Å²) in [6.45, 7) is 10.9. The zero-order valence-corrected chi connectivity index (χ0v) is 18.1. The Morgan fingerprint density at radius 1 is 1.04 bits per heavy atom. The lowest BCUT2D eigenvalue weighted by Gasteiger charge is -2.39. The molecule has 1 N–H and O–H groups in total. The monoisotopic (exact) mass is 416 g/mol. The predicted octanol–water partition coefficient (Wildman–Crippen LogP) is 0.370. The highest BCUT2D eigenvalue weighted by Crippen LogP contribution is 2.27. The molecule has 0 aliphatic carbocycles. The maximum absolute atomic E-state index is 13.1. The number of amides is 1. The third kappa shape index (κ3) is 5.66. The molecule has 28 heavy (non-hydrogen) atoms. The minimum Gasteiger partial charge on any atom is -0.379 e. The van der Waals surface area contributed by atoms with Crippen LogP contribution in [0.15, 0.2) is 0 Å². The van der Waals surface area contributed by atoms with Crippen molar-refractivity contribution < 1.29 is 17.9 Å². The summed E-state index contributed by atoms with van der Waals surface area (Å²) in [5, 5.41) is 3.01. The Labute approximate surface area is 169 Å². The first kappa shape index (κ1) is 22.0. The van der Waals surface area contributed by atoms with Crippen molar-refractivity contribution in [2.24, 2.45) is 17.8 Å². The number of nitrogens with one attached hydrogen (secondary N) is 1. The fraction of sp³-hybridized carbons (Fsp3) is 0.947. The molecule has 1 amide bonds. The van der Waals surface area contributed by atoms with Gasteiger partial charge in [0.1, 0.15) is 0 Å². The van der Waals surface area contributed by atoms with Crippen molar-refractivity contribution in [3.8, 4) is 0 Å². The molecule has 0 aromatic heterocycles. The number of rotatable bonds is 6. The minimum atomic E-state index is -3.49. The van der Waals surface area contributed by atoms with Crippen LogP contribution in [0, 0.1) is 17.8 Å². The molecule has 3 rings (SSSR count). The van der Waals surface area contributed by atoms with Crippen molar-refractivity contribution in [1.82, 2.24) is 18.8 Å². The van der Waals surface area contributed by atoms with Crippen LogP contribution in [0.5, 0.6) is 0 Å². The number of ether oxygens (including phenoxy) is 1. The fourth-order valence-corrected chi connectivity index (χ4v) is 6.57. The van der Waals surface area contributed by atoms with Gasteiger partial charge in [0.2, 0.25) is 5.91 Å².